The highest BCUT2D eigenvalue weighted by Crippen LogP contribution is 2.17. The first-order valence-corrected chi connectivity index (χ1v) is 10.3. The van der Waals surface area contributed by atoms with E-state index in [1.165, 1.54) is 28.6 Å². The van der Waals surface area contributed by atoms with Crippen LogP contribution in [0.1, 0.15) is 44.0 Å². The van der Waals surface area contributed by atoms with Gasteiger partial charge in [0.25, 0.3) is 5.91 Å². The molecule has 0 spiro atoms. The predicted octanol–water partition coefficient (Wildman–Crippen LogP) is 1.88. The molecule has 0 saturated carbocycles. The number of nitrogens with zero attached hydrogens (tertiary/aromatic N) is 2. The number of carbonyl (C=O) groups is 2. The fourth-order valence-electron chi connectivity index (χ4n) is 2.95. The minimum Gasteiger partial charge on any atom is -0.449 e. The van der Waals surface area contributed by atoms with Gasteiger partial charge in [0.05, 0.1) is 10.5 Å². The van der Waals surface area contributed by atoms with E-state index in [2.05, 4.69) is 0 Å². The smallest absolute Gasteiger partial charge is 0.338 e. The molecule has 1 atom stereocenters. The molecule has 0 aromatic heterocycles. The molecule has 1 aliphatic heterocycles. The van der Waals surface area contributed by atoms with Gasteiger partial charge in [0, 0.05) is 26.2 Å². The molecule has 1 fully saturated rings. The standard InChI is InChI=1S/C18H26N2O5S/c1-4-20(5-2)26(23,24)16-10-8-15(9-11-16)18(22)25-14(3)17(21)19-12-6-7-13-19/h8-11,14H,4-7,12-13H2,1-3H3/t14-/m0/s1. The Morgan fingerprint density at radius 1 is 1.12 bits per heavy atom. The van der Waals surface area contributed by atoms with Crippen LogP contribution in [0.25, 0.3) is 0 Å². The lowest BCUT2D eigenvalue weighted by molar-refractivity contribution is -0.138. The summed E-state index contributed by atoms with van der Waals surface area (Å²) in [5.41, 5.74) is 0.213. The number of ether oxygens (including phenoxy) is 1. The third-order valence-corrected chi connectivity index (χ3v) is 6.55. The van der Waals surface area contributed by atoms with Crippen LogP contribution >= 0.6 is 0 Å². The van der Waals surface area contributed by atoms with Gasteiger partial charge in [-0.15, -0.1) is 0 Å². The van der Waals surface area contributed by atoms with Crippen LogP contribution in [0.5, 0.6) is 0 Å². The summed E-state index contributed by atoms with van der Waals surface area (Å²) in [7, 11) is -3.57. The van der Waals surface area contributed by atoms with Crippen molar-refractivity contribution in [2.24, 2.45) is 0 Å². The summed E-state index contributed by atoms with van der Waals surface area (Å²) < 4.78 is 31.5. The van der Waals surface area contributed by atoms with Crippen molar-refractivity contribution in [3.05, 3.63) is 29.8 Å². The van der Waals surface area contributed by atoms with Gasteiger partial charge in [-0.1, -0.05) is 13.8 Å². The van der Waals surface area contributed by atoms with Gasteiger partial charge in [0.1, 0.15) is 0 Å². The van der Waals surface area contributed by atoms with Crippen LogP contribution in [0.4, 0.5) is 0 Å². The van der Waals surface area contributed by atoms with Crippen molar-refractivity contribution >= 4 is 21.9 Å². The number of hydrogen-bond donors (Lipinski definition) is 0. The van der Waals surface area contributed by atoms with Gasteiger partial charge in [-0.25, -0.2) is 13.2 Å². The number of esters is 1. The second-order valence-electron chi connectivity index (χ2n) is 6.19. The Balaban J connectivity index is 2.05. The Morgan fingerprint density at radius 3 is 2.15 bits per heavy atom. The Kier molecular flexibility index (Phi) is 6.77. The monoisotopic (exact) mass is 382 g/mol. The molecule has 1 heterocycles. The summed E-state index contributed by atoms with van der Waals surface area (Å²) in [6.45, 7) is 7.23. The summed E-state index contributed by atoms with van der Waals surface area (Å²) in [5, 5.41) is 0. The lowest BCUT2D eigenvalue weighted by Crippen LogP contribution is -2.38. The van der Waals surface area contributed by atoms with Gasteiger partial charge in [0.2, 0.25) is 10.0 Å². The zero-order valence-electron chi connectivity index (χ0n) is 15.5. The average molecular weight is 382 g/mol. The van der Waals surface area contributed by atoms with E-state index < -0.39 is 22.1 Å². The molecule has 1 saturated heterocycles. The van der Waals surface area contributed by atoms with Crippen molar-refractivity contribution in [2.45, 2.75) is 44.6 Å². The van der Waals surface area contributed by atoms with Gasteiger partial charge < -0.3 is 9.64 Å². The first kappa shape index (κ1) is 20.4. The molecule has 0 aliphatic carbocycles. The van der Waals surface area contributed by atoms with Crippen molar-refractivity contribution in [2.75, 3.05) is 26.2 Å². The largest absolute Gasteiger partial charge is 0.449 e. The molecule has 0 radical (unpaired) electrons. The topological polar surface area (TPSA) is 84.0 Å². The highest BCUT2D eigenvalue weighted by Gasteiger charge is 2.27. The lowest BCUT2D eigenvalue weighted by Gasteiger charge is -2.20. The van der Waals surface area contributed by atoms with E-state index in [0.717, 1.165) is 12.8 Å². The molecule has 1 aromatic rings. The molecule has 144 valence electrons. The first-order valence-electron chi connectivity index (χ1n) is 8.91. The number of sulfonamides is 1. The van der Waals surface area contributed by atoms with Crippen LogP contribution in [0.2, 0.25) is 0 Å². The van der Waals surface area contributed by atoms with Crippen LogP contribution in [-0.4, -0.2) is 61.8 Å². The van der Waals surface area contributed by atoms with E-state index in [0.29, 0.717) is 26.2 Å². The highest BCUT2D eigenvalue weighted by molar-refractivity contribution is 7.89. The zero-order valence-corrected chi connectivity index (χ0v) is 16.3. The Morgan fingerprint density at radius 2 is 1.65 bits per heavy atom. The van der Waals surface area contributed by atoms with Gasteiger partial charge in [-0.05, 0) is 44.0 Å². The van der Waals surface area contributed by atoms with Crippen LogP contribution in [-0.2, 0) is 19.6 Å². The van der Waals surface area contributed by atoms with E-state index >= 15 is 0 Å². The molecule has 1 aromatic carbocycles. The maximum absolute atomic E-state index is 12.4. The Bertz CT molecular complexity index is 735. The second kappa shape index (κ2) is 8.64. The zero-order chi connectivity index (χ0) is 19.3. The fourth-order valence-corrected chi connectivity index (χ4v) is 4.41. The van der Waals surface area contributed by atoms with Crippen LogP contribution < -0.4 is 0 Å². The average Bonchev–Trinajstić information content (AvgIpc) is 3.16. The Hall–Kier alpha value is -1.93. The molecule has 26 heavy (non-hydrogen) atoms. The molecule has 0 unspecified atom stereocenters. The quantitative estimate of drug-likeness (QED) is 0.673. The molecule has 0 N–H and O–H groups in total. The molecule has 2 rings (SSSR count). The van der Waals surface area contributed by atoms with Crippen molar-refractivity contribution in [3.63, 3.8) is 0 Å². The summed E-state index contributed by atoms with van der Waals surface area (Å²) in [6, 6.07) is 5.59. The van der Waals surface area contributed by atoms with Gasteiger partial charge in [-0.3, -0.25) is 4.79 Å². The van der Waals surface area contributed by atoms with E-state index in [-0.39, 0.29) is 16.4 Å². The molecule has 7 nitrogen and oxygen atoms in total. The van der Waals surface area contributed by atoms with Crippen molar-refractivity contribution in [3.8, 4) is 0 Å². The van der Waals surface area contributed by atoms with Crippen molar-refractivity contribution < 1.29 is 22.7 Å². The van der Waals surface area contributed by atoms with Crippen LogP contribution in [0.3, 0.4) is 0 Å². The summed E-state index contributed by atoms with van der Waals surface area (Å²) in [4.78, 5) is 26.2. The fraction of sp³-hybridized carbons (Fsp3) is 0.556. The summed E-state index contributed by atoms with van der Waals surface area (Å²) in [6.07, 6.45) is 1.07. The van der Waals surface area contributed by atoms with Crippen molar-refractivity contribution in [1.82, 2.24) is 9.21 Å². The maximum Gasteiger partial charge on any atom is 0.338 e. The third-order valence-electron chi connectivity index (χ3n) is 4.48. The summed E-state index contributed by atoms with van der Waals surface area (Å²) in [5.74, 6) is -0.839. The maximum atomic E-state index is 12.4. The second-order valence-corrected chi connectivity index (χ2v) is 8.13. The number of amides is 1. The summed E-state index contributed by atoms with van der Waals surface area (Å²) >= 11 is 0. The predicted molar refractivity (Wildman–Crippen MR) is 97.2 cm³/mol. The van der Waals surface area contributed by atoms with Gasteiger partial charge in [-0.2, -0.15) is 4.31 Å². The minimum atomic E-state index is -3.57. The Labute approximate surface area is 155 Å². The highest BCUT2D eigenvalue weighted by atomic mass is 32.2. The third kappa shape index (κ3) is 4.42. The number of likely N-dealkylation sites (tertiary alicyclic amines) is 1. The van der Waals surface area contributed by atoms with Gasteiger partial charge in [0.15, 0.2) is 6.10 Å². The minimum absolute atomic E-state index is 0.124. The number of carbonyl (C=O) groups excluding carboxylic acids is 2. The number of rotatable bonds is 7. The SMILES string of the molecule is CCN(CC)S(=O)(=O)c1ccc(C(=O)O[C@@H](C)C(=O)N2CCCC2)cc1. The van der Waals surface area contributed by atoms with Gasteiger partial charge >= 0.3 is 5.97 Å². The van der Waals surface area contributed by atoms with Crippen LogP contribution in [0.15, 0.2) is 29.2 Å². The molecular weight excluding hydrogens is 356 g/mol. The van der Waals surface area contributed by atoms with E-state index in [1.54, 1.807) is 25.7 Å². The van der Waals surface area contributed by atoms with E-state index in [9.17, 15) is 18.0 Å². The number of benzene rings is 1. The molecular formula is C18H26N2O5S. The first-order chi connectivity index (χ1) is 12.3. The van der Waals surface area contributed by atoms with E-state index in [4.69, 9.17) is 4.74 Å². The molecule has 0 bridgehead atoms. The molecule has 1 amide bonds. The molecule has 8 heteroatoms. The van der Waals surface area contributed by atoms with Crippen LogP contribution in [0, 0.1) is 0 Å². The van der Waals surface area contributed by atoms with Crippen molar-refractivity contribution in [1.29, 1.82) is 0 Å². The normalized spacial score (nSPS) is 15.9. The molecule has 1 aliphatic rings. The van der Waals surface area contributed by atoms with E-state index in [1.807, 2.05) is 0 Å². The number of hydrogen-bond acceptors (Lipinski definition) is 5. The lowest BCUT2D eigenvalue weighted by atomic mass is 10.2.